The molecule has 148 valence electrons. The van der Waals surface area contributed by atoms with Gasteiger partial charge in [0.25, 0.3) is 5.91 Å². The summed E-state index contributed by atoms with van der Waals surface area (Å²) in [6.45, 7) is 1.82. The van der Waals surface area contributed by atoms with Crippen LogP contribution in [0.1, 0.15) is 38.2 Å². The third-order valence-electron chi connectivity index (χ3n) is 5.63. The standard InChI is InChI=1S/C19H24ClNO5S/c1-2-21(16-8-11-27(24,25)13-16)17(22)12-26-18(23)19(9-3-10-19)14-4-6-15(20)7-5-14/h4-7,16H,2-3,8-13H2,1H3. The first-order valence-electron chi connectivity index (χ1n) is 9.20. The van der Waals surface area contributed by atoms with E-state index >= 15 is 0 Å². The maximum Gasteiger partial charge on any atom is 0.317 e. The number of hydrogen-bond donors (Lipinski definition) is 0. The van der Waals surface area contributed by atoms with Gasteiger partial charge in [-0.05, 0) is 43.9 Å². The minimum absolute atomic E-state index is 0.0186. The van der Waals surface area contributed by atoms with E-state index < -0.39 is 21.2 Å². The highest BCUT2D eigenvalue weighted by molar-refractivity contribution is 7.91. The monoisotopic (exact) mass is 413 g/mol. The number of amides is 1. The van der Waals surface area contributed by atoms with Crippen LogP contribution < -0.4 is 0 Å². The zero-order valence-electron chi connectivity index (χ0n) is 15.3. The second-order valence-corrected chi connectivity index (χ2v) is 9.92. The summed E-state index contributed by atoms with van der Waals surface area (Å²) in [6, 6.07) is 6.81. The van der Waals surface area contributed by atoms with Gasteiger partial charge in [0.2, 0.25) is 0 Å². The number of carbonyl (C=O) groups is 2. The number of hydrogen-bond acceptors (Lipinski definition) is 5. The topological polar surface area (TPSA) is 80.8 Å². The van der Waals surface area contributed by atoms with Crippen LogP contribution in [0.15, 0.2) is 24.3 Å². The Balaban J connectivity index is 1.63. The molecule has 6 nitrogen and oxygen atoms in total. The molecule has 0 bridgehead atoms. The highest BCUT2D eigenvalue weighted by Gasteiger charge is 2.47. The first-order chi connectivity index (χ1) is 12.8. The van der Waals surface area contributed by atoms with Crippen LogP contribution in [-0.2, 0) is 29.6 Å². The molecule has 2 fully saturated rings. The Bertz CT molecular complexity index is 817. The SMILES string of the molecule is CCN(C(=O)COC(=O)C1(c2ccc(Cl)cc2)CCC1)C1CCS(=O)(=O)C1. The van der Waals surface area contributed by atoms with Crippen LogP contribution in [0.5, 0.6) is 0 Å². The third kappa shape index (κ3) is 4.14. The number of sulfone groups is 1. The van der Waals surface area contributed by atoms with Crippen LogP contribution in [0.4, 0.5) is 0 Å². The lowest BCUT2D eigenvalue weighted by atomic mass is 9.64. The molecular weight excluding hydrogens is 390 g/mol. The van der Waals surface area contributed by atoms with Crippen LogP contribution in [0.25, 0.3) is 0 Å². The molecule has 3 rings (SSSR count). The van der Waals surface area contributed by atoms with Crippen molar-refractivity contribution in [2.75, 3.05) is 24.7 Å². The average Bonchev–Trinajstić information content (AvgIpc) is 2.94. The predicted molar refractivity (Wildman–Crippen MR) is 102 cm³/mol. The van der Waals surface area contributed by atoms with Gasteiger partial charge in [-0.2, -0.15) is 0 Å². The smallest absolute Gasteiger partial charge is 0.317 e. The summed E-state index contributed by atoms with van der Waals surface area (Å²) in [5, 5.41) is 0.599. The molecule has 1 heterocycles. The normalized spacial score (nSPS) is 22.7. The third-order valence-corrected chi connectivity index (χ3v) is 7.63. The molecular formula is C19H24ClNO5S. The number of ether oxygens (including phenoxy) is 1. The van der Waals surface area contributed by atoms with Gasteiger partial charge >= 0.3 is 5.97 Å². The second-order valence-electron chi connectivity index (χ2n) is 7.26. The van der Waals surface area contributed by atoms with Gasteiger partial charge in [0.15, 0.2) is 16.4 Å². The number of esters is 1. The minimum atomic E-state index is -3.09. The van der Waals surface area contributed by atoms with E-state index in [2.05, 4.69) is 0 Å². The molecule has 0 aromatic heterocycles. The Kier molecular flexibility index (Phi) is 5.82. The maximum atomic E-state index is 12.8. The Hall–Kier alpha value is -1.60. The van der Waals surface area contributed by atoms with Gasteiger partial charge in [0, 0.05) is 17.6 Å². The molecule has 0 N–H and O–H groups in total. The molecule has 1 aliphatic heterocycles. The van der Waals surface area contributed by atoms with Gasteiger partial charge in [-0.3, -0.25) is 9.59 Å². The lowest BCUT2D eigenvalue weighted by Gasteiger charge is -2.39. The lowest BCUT2D eigenvalue weighted by Crippen LogP contribution is -2.47. The molecule has 1 saturated heterocycles. The Labute approximate surface area is 164 Å². The van der Waals surface area contributed by atoms with Crippen molar-refractivity contribution in [1.29, 1.82) is 0 Å². The first kappa shape index (κ1) is 20.1. The number of rotatable bonds is 6. The molecule has 27 heavy (non-hydrogen) atoms. The summed E-state index contributed by atoms with van der Waals surface area (Å²) in [6.07, 6.45) is 2.72. The fraction of sp³-hybridized carbons (Fsp3) is 0.579. The van der Waals surface area contributed by atoms with Crippen LogP contribution >= 0.6 is 11.6 Å². The molecule has 1 aromatic rings. The van der Waals surface area contributed by atoms with E-state index in [1.54, 1.807) is 19.1 Å². The maximum absolute atomic E-state index is 12.8. The average molecular weight is 414 g/mol. The van der Waals surface area contributed by atoms with Crippen molar-refractivity contribution in [2.45, 2.75) is 44.1 Å². The highest BCUT2D eigenvalue weighted by Crippen LogP contribution is 2.45. The van der Waals surface area contributed by atoms with E-state index in [0.29, 0.717) is 30.8 Å². The Morgan fingerprint density at radius 1 is 1.26 bits per heavy atom. The first-order valence-corrected chi connectivity index (χ1v) is 11.4. The summed E-state index contributed by atoms with van der Waals surface area (Å²) in [4.78, 5) is 26.8. The second kappa shape index (κ2) is 7.80. The Morgan fingerprint density at radius 3 is 2.41 bits per heavy atom. The van der Waals surface area contributed by atoms with E-state index in [0.717, 1.165) is 12.0 Å². The molecule has 1 aliphatic carbocycles. The van der Waals surface area contributed by atoms with E-state index in [1.165, 1.54) is 4.90 Å². The van der Waals surface area contributed by atoms with E-state index in [4.69, 9.17) is 16.3 Å². The summed E-state index contributed by atoms with van der Waals surface area (Å²) in [5.74, 6) is -0.672. The Morgan fingerprint density at radius 2 is 1.93 bits per heavy atom. The number of likely N-dealkylation sites (N-methyl/N-ethyl adjacent to an activating group) is 1. The van der Waals surface area contributed by atoms with Crippen molar-refractivity contribution in [3.63, 3.8) is 0 Å². The van der Waals surface area contributed by atoms with Crippen LogP contribution in [0.2, 0.25) is 5.02 Å². The van der Waals surface area contributed by atoms with Crippen molar-refractivity contribution in [3.05, 3.63) is 34.9 Å². The lowest BCUT2D eigenvalue weighted by molar-refractivity contribution is -0.160. The van der Waals surface area contributed by atoms with Gasteiger partial charge in [-0.1, -0.05) is 30.2 Å². The van der Waals surface area contributed by atoms with Gasteiger partial charge in [0.1, 0.15) is 0 Å². The van der Waals surface area contributed by atoms with Gasteiger partial charge in [-0.25, -0.2) is 8.42 Å². The predicted octanol–water partition coefficient (Wildman–Crippen LogP) is 2.34. The number of benzene rings is 1. The molecule has 1 aromatic carbocycles. The van der Waals surface area contributed by atoms with Crippen molar-refractivity contribution in [2.24, 2.45) is 0 Å². The van der Waals surface area contributed by atoms with Crippen molar-refractivity contribution < 1.29 is 22.7 Å². The molecule has 1 atom stereocenters. The fourth-order valence-electron chi connectivity index (χ4n) is 3.92. The minimum Gasteiger partial charge on any atom is -0.455 e. The molecule has 8 heteroatoms. The summed E-state index contributed by atoms with van der Waals surface area (Å²) in [5.41, 5.74) is 0.142. The number of nitrogens with zero attached hydrogens (tertiary/aromatic N) is 1. The number of halogens is 1. The van der Waals surface area contributed by atoms with Crippen LogP contribution in [0, 0.1) is 0 Å². The van der Waals surface area contributed by atoms with E-state index in [1.807, 2.05) is 12.1 Å². The fourth-order valence-corrected chi connectivity index (χ4v) is 5.77. The van der Waals surface area contributed by atoms with Crippen molar-refractivity contribution in [1.82, 2.24) is 4.90 Å². The quantitative estimate of drug-likeness (QED) is 0.668. The van der Waals surface area contributed by atoms with Crippen molar-refractivity contribution in [3.8, 4) is 0 Å². The largest absolute Gasteiger partial charge is 0.455 e. The van der Waals surface area contributed by atoms with Gasteiger partial charge in [0.05, 0.1) is 16.9 Å². The van der Waals surface area contributed by atoms with Crippen LogP contribution in [0.3, 0.4) is 0 Å². The van der Waals surface area contributed by atoms with E-state index in [-0.39, 0.29) is 30.1 Å². The highest BCUT2D eigenvalue weighted by atomic mass is 35.5. The molecule has 0 radical (unpaired) electrons. The summed E-state index contributed by atoms with van der Waals surface area (Å²) < 4.78 is 28.7. The number of carbonyl (C=O) groups excluding carboxylic acids is 2. The zero-order valence-corrected chi connectivity index (χ0v) is 16.9. The van der Waals surface area contributed by atoms with Gasteiger partial charge in [-0.15, -0.1) is 0 Å². The van der Waals surface area contributed by atoms with Gasteiger partial charge < -0.3 is 9.64 Å². The molecule has 0 spiro atoms. The zero-order chi connectivity index (χ0) is 19.7. The molecule has 1 saturated carbocycles. The molecule has 1 unspecified atom stereocenters. The molecule has 1 amide bonds. The van der Waals surface area contributed by atoms with Crippen LogP contribution in [-0.4, -0.2) is 55.9 Å². The molecule has 2 aliphatic rings. The van der Waals surface area contributed by atoms with E-state index in [9.17, 15) is 18.0 Å². The summed E-state index contributed by atoms with van der Waals surface area (Å²) >= 11 is 5.93. The summed E-state index contributed by atoms with van der Waals surface area (Å²) in [7, 11) is -3.09. The van der Waals surface area contributed by atoms with Crippen molar-refractivity contribution >= 4 is 33.3 Å².